The maximum Gasteiger partial charge on any atom is 0.251 e. The second-order valence-electron chi connectivity index (χ2n) is 14.3. The van der Waals surface area contributed by atoms with Crippen molar-refractivity contribution in [2.24, 2.45) is 11.3 Å². The predicted octanol–water partition coefficient (Wildman–Crippen LogP) is 6.16. The van der Waals surface area contributed by atoms with E-state index in [1.54, 1.807) is 0 Å². The average molecular weight is 598 g/mol. The number of likely N-dealkylation sites (tertiary alicyclic amines) is 1. The van der Waals surface area contributed by atoms with E-state index in [9.17, 15) is 14.4 Å². The number of aldehydes is 1. The molecule has 0 spiro atoms. The molecule has 2 aromatic heterocycles. The van der Waals surface area contributed by atoms with E-state index in [1.807, 2.05) is 41.4 Å². The number of aromatic amines is 2. The molecule has 2 N–H and O–H groups in total. The number of para-hydroxylation sites is 1. The van der Waals surface area contributed by atoms with E-state index in [4.69, 9.17) is 0 Å². The number of carbonyl (C=O) groups is 2. The van der Waals surface area contributed by atoms with E-state index < -0.39 is 5.92 Å². The number of benzene rings is 2. The van der Waals surface area contributed by atoms with Crippen molar-refractivity contribution in [2.75, 3.05) is 26.7 Å². The molecule has 0 aliphatic carbocycles. The van der Waals surface area contributed by atoms with Crippen molar-refractivity contribution in [2.45, 2.75) is 78.7 Å². The molecule has 5 rings (SSSR count). The molecule has 1 amide bonds. The number of fused-ring (bicyclic) bond motifs is 2. The van der Waals surface area contributed by atoms with Crippen molar-refractivity contribution in [1.29, 1.82) is 0 Å². The molecular weight excluding hydrogens is 550 g/mol. The summed E-state index contributed by atoms with van der Waals surface area (Å²) in [7, 11) is 2.13. The van der Waals surface area contributed by atoms with Crippen LogP contribution in [0.4, 0.5) is 0 Å². The highest BCUT2D eigenvalue weighted by Gasteiger charge is 2.28. The lowest BCUT2D eigenvalue weighted by molar-refractivity contribution is -0.134. The van der Waals surface area contributed by atoms with Gasteiger partial charge in [0.15, 0.2) is 0 Å². The van der Waals surface area contributed by atoms with Crippen LogP contribution in [-0.4, -0.2) is 63.9 Å². The lowest BCUT2D eigenvalue weighted by Crippen LogP contribution is -2.39. The Labute approximate surface area is 260 Å². The van der Waals surface area contributed by atoms with E-state index >= 15 is 0 Å². The van der Waals surface area contributed by atoms with Gasteiger partial charge in [0.1, 0.15) is 6.29 Å². The monoisotopic (exact) mass is 597 g/mol. The zero-order valence-electron chi connectivity index (χ0n) is 27.1. The fourth-order valence-electron chi connectivity index (χ4n) is 6.93. The third kappa shape index (κ3) is 7.12. The highest BCUT2D eigenvalue weighted by Crippen LogP contribution is 2.33. The molecule has 0 unspecified atom stereocenters. The molecule has 2 aromatic carbocycles. The molecule has 1 aliphatic rings. The van der Waals surface area contributed by atoms with Gasteiger partial charge in [-0.3, -0.25) is 14.7 Å². The van der Waals surface area contributed by atoms with Crippen molar-refractivity contribution in [3.63, 3.8) is 0 Å². The van der Waals surface area contributed by atoms with E-state index in [-0.39, 0.29) is 35.1 Å². The normalized spacial score (nSPS) is 15.5. The summed E-state index contributed by atoms with van der Waals surface area (Å²) < 4.78 is 0. The zero-order valence-corrected chi connectivity index (χ0v) is 27.1. The Morgan fingerprint density at radius 1 is 1.16 bits per heavy atom. The minimum absolute atomic E-state index is 0.00726. The third-order valence-electron chi connectivity index (χ3n) is 8.95. The Morgan fingerprint density at radius 3 is 2.57 bits per heavy atom. The number of H-pyrrole nitrogens is 2. The summed E-state index contributed by atoms with van der Waals surface area (Å²) in [6.45, 7) is 13.9. The van der Waals surface area contributed by atoms with Gasteiger partial charge in [-0.25, -0.2) is 0 Å². The maximum absolute atomic E-state index is 13.5. The van der Waals surface area contributed by atoms with Gasteiger partial charge in [0.05, 0.1) is 11.7 Å². The second kappa shape index (κ2) is 13.1. The highest BCUT2D eigenvalue weighted by molar-refractivity contribution is 5.87. The van der Waals surface area contributed by atoms with Crippen LogP contribution in [0.2, 0.25) is 0 Å². The van der Waals surface area contributed by atoms with Gasteiger partial charge in [0.25, 0.3) is 5.56 Å². The lowest BCUT2D eigenvalue weighted by atomic mass is 9.87. The fourth-order valence-corrected chi connectivity index (χ4v) is 6.93. The molecular formula is C36H47N5O3. The Balaban J connectivity index is 1.30. The van der Waals surface area contributed by atoms with Gasteiger partial charge >= 0.3 is 0 Å². The van der Waals surface area contributed by atoms with Crippen LogP contribution in [0, 0.1) is 11.3 Å². The van der Waals surface area contributed by atoms with Gasteiger partial charge in [0, 0.05) is 55.0 Å². The predicted molar refractivity (Wildman–Crippen MR) is 177 cm³/mol. The molecule has 0 bridgehead atoms. The Kier molecular flexibility index (Phi) is 9.39. The molecule has 1 aliphatic heterocycles. The number of pyridine rings is 1. The first kappa shape index (κ1) is 31.6. The van der Waals surface area contributed by atoms with Gasteiger partial charge in [-0.1, -0.05) is 58.9 Å². The standard InChI is InChI=1S/C36H47N5O3/c1-23(2)28-18-27(31(30-19-37-39-34(28)30)20-40(6)22-36(3,4)5)15-24(21-42)16-33(43)41-13-11-25(12-14-41)29-17-26-9-7-8-10-32(26)38-35(29)44/h7-10,17-19,21,23-25H,11-16,20,22H2,1-6H3,(H,37,39)(H,38,44)/t24-/m0/s1. The van der Waals surface area contributed by atoms with Crippen LogP contribution in [0.25, 0.3) is 21.8 Å². The average Bonchev–Trinajstić information content (AvgIpc) is 3.46. The molecule has 1 atom stereocenters. The van der Waals surface area contributed by atoms with E-state index in [0.29, 0.717) is 19.5 Å². The first-order chi connectivity index (χ1) is 20.9. The van der Waals surface area contributed by atoms with Crippen LogP contribution in [0.5, 0.6) is 0 Å². The number of hydrogen-bond donors (Lipinski definition) is 2. The van der Waals surface area contributed by atoms with Crippen molar-refractivity contribution in [3.05, 3.63) is 75.2 Å². The number of nitrogens with one attached hydrogen (secondary N) is 2. The summed E-state index contributed by atoms with van der Waals surface area (Å²) in [5.74, 6) is -0.0176. The summed E-state index contributed by atoms with van der Waals surface area (Å²) in [5.41, 5.74) is 6.24. The van der Waals surface area contributed by atoms with E-state index in [2.05, 4.69) is 67.8 Å². The molecule has 3 heterocycles. The number of hydrogen-bond acceptors (Lipinski definition) is 5. The molecule has 8 nitrogen and oxygen atoms in total. The molecule has 4 aromatic rings. The lowest BCUT2D eigenvalue weighted by Gasteiger charge is -2.32. The van der Waals surface area contributed by atoms with E-state index in [0.717, 1.165) is 65.2 Å². The van der Waals surface area contributed by atoms with Crippen LogP contribution >= 0.6 is 0 Å². The van der Waals surface area contributed by atoms with E-state index in [1.165, 1.54) is 11.1 Å². The van der Waals surface area contributed by atoms with Gasteiger partial charge in [-0.05, 0) is 77.8 Å². The molecule has 0 radical (unpaired) electrons. The van der Waals surface area contributed by atoms with Crippen LogP contribution in [0.1, 0.15) is 88.0 Å². The number of nitrogens with zero attached hydrogens (tertiary/aromatic N) is 3. The van der Waals surface area contributed by atoms with Gasteiger partial charge < -0.3 is 19.6 Å². The Bertz CT molecular complexity index is 1690. The molecule has 0 saturated carbocycles. The quantitative estimate of drug-likeness (QED) is 0.213. The maximum atomic E-state index is 13.5. The Morgan fingerprint density at radius 2 is 1.89 bits per heavy atom. The summed E-state index contributed by atoms with van der Waals surface area (Å²) in [6, 6.07) is 12.0. The van der Waals surface area contributed by atoms with Crippen molar-refractivity contribution in [1.82, 2.24) is 25.0 Å². The first-order valence-corrected chi connectivity index (χ1v) is 15.9. The smallest absolute Gasteiger partial charge is 0.251 e. The summed E-state index contributed by atoms with van der Waals surface area (Å²) >= 11 is 0. The minimum Gasteiger partial charge on any atom is -0.343 e. The number of piperidine rings is 1. The summed E-state index contributed by atoms with van der Waals surface area (Å²) in [5, 5.41) is 9.71. The number of rotatable bonds is 10. The second-order valence-corrected chi connectivity index (χ2v) is 14.3. The summed E-state index contributed by atoms with van der Waals surface area (Å²) in [4.78, 5) is 45.9. The van der Waals surface area contributed by atoms with Gasteiger partial charge in [0.2, 0.25) is 5.91 Å². The highest BCUT2D eigenvalue weighted by atomic mass is 16.2. The zero-order chi connectivity index (χ0) is 31.6. The Hall–Kier alpha value is -3.78. The molecule has 44 heavy (non-hydrogen) atoms. The third-order valence-corrected chi connectivity index (χ3v) is 8.95. The minimum atomic E-state index is -0.417. The summed E-state index contributed by atoms with van der Waals surface area (Å²) in [6.07, 6.45) is 5.02. The van der Waals surface area contributed by atoms with Crippen LogP contribution in [0.3, 0.4) is 0 Å². The van der Waals surface area contributed by atoms with Crippen molar-refractivity contribution < 1.29 is 9.59 Å². The van der Waals surface area contributed by atoms with Crippen molar-refractivity contribution in [3.8, 4) is 0 Å². The topological polar surface area (TPSA) is 102 Å². The van der Waals surface area contributed by atoms with Crippen molar-refractivity contribution >= 4 is 34.0 Å². The van der Waals surface area contributed by atoms with Crippen LogP contribution in [-0.2, 0) is 22.6 Å². The fraction of sp³-hybridized carbons (Fsp3) is 0.500. The number of amides is 1. The number of aromatic nitrogens is 3. The molecule has 1 saturated heterocycles. The van der Waals surface area contributed by atoms with Crippen LogP contribution in [0.15, 0.2) is 47.4 Å². The van der Waals surface area contributed by atoms with Gasteiger partial charge in [-0.15, -0.1) is 0 Å². The van der Waals surface area contributed by atoms with Crippen LogP contribution < -0.4 is 5.56 Å². The molecule has 234 valence electrons. The van der Waals surface area contributed by atoms with Gasteiger partial charge in [-0.2, -0.15) is 5.10 Å². The molecule has 1 fully saturated rings. The SMILES string of the molecule is CC(C)c1cc(C[C@H](C=O)CC(=O)N2CCC(c3cc4ccccc4[nH]c3=O)CC2)c(CN(C)CC(C)(C)C)c2cn[nH]c12. The first-order valence-electron chi connectivity index (χ1n) is 15.9. The largest absolute Gasteiger partial charge is 0.343 e. The molecule has 8 heteroatoms. The number of carbonyl (C=O) groups excluding carboxylic acids is 2.